The number of alkyl halides is 2. The third-order valence-corrected chi connectivity index (χ3v) is 5.59. The van der Waals surface area contributed by atoms with Gasteiger partial charge >= 0.3 is 0 Å². The maximum absolute atomic E-state index is 14.9. The lowest BCUT2D eigenvalue weighted by Gasteiger charge is -2.46. The smallest absolute Gasteiger partial charge is 0.257 e. The predicted octanol–water partition coefficient (Wildman–Crippen LogP) is 3.35. The molecule has 2 aliphatic rings. The summed E-state index contributed by atoms with van der Waals surface area (Å²) in [5.41, 5.74) is -0.103. The van der Waals surface area contributed by atoms with E-state index < -0.39 is 17.2 Å². The summed E-state index contributed by atoms with van der Waals surface area (Å²) in [5, 5.41) is 0. The first-order valence-corrected chi connectivity index (χ1v) is 8.84. The molecule has 2 saturated heterocycles. The van der Waals surface area contributed by atoms with E-state index in [1.54, 1.807) is 17.3 Å². The topological polar surface area (TPSA) is 32.3 Å². The van der Waals surface area contributed by atoms with E-state index in [9.17, 15) is 13.2 Å². The average molecular weight is 362 g/mol. The minimum Gasteiger partial charge on any atom is -0.353 e. The number of piperidine rings is 1. The summed E-state index contributed by atoms with van der Waals surface area (Å²) < 4.78 is 43.8. The summed E-state index contributed by atoms with van der Waals surface area (Å²) in [6.45, 7) is 1.80. The molecule has 2 fully saturated rings. The van der Waals surface area contributed by atoms with Gasteiger partial charge < -0.3 is 4.90 Å². The van der Waals surface area contributed by atoms with E-state index in [-0.39, 0.29) is 18.8 Å². The number of hydrogen-bond acceptors (Lipinski definition) is 4. The highest BCUT2D eigenvalue weighted by molar-refractivity contribution is 5.42. The van der Waals surface area contributed by atoms with Crippen molar-refractivity contribution in [2.45, 2.75) is 25.3 Å². The Morgan fingerprint density at radius 1 is 1.00 bits per heavy atom. The Morgan fingerprint density at radius 3 is 2.58 bits per heavy atom. The molecule has 4 heterocycles. The van der Waals surface area contributed by atoms with Crippen molar-refractivity contribution in [2.75, 3.05) is 31.1 Å². The molecular formula is C19H21F3N4. The molecule has 0 bridgehead atoms. The molecule has 0 N–H and O–H groups in total. The fraction of sp³-hybridized carbons (Fsp3) is 0.474. The molecule has 0 aliphatic carbocycles. The highest BCUT2D eigenvalue weighted by atomic mass is 19.3. The van der Waals surface area contributed by atoms with Gasteiger partial charge in [0.05, 0.1) is 5.41 Å². The lowest BCUT2D eigenvalue weighted by molar-refractivity contribution is -0.158. The number of aromatic nitrogens is 2. The van der Waals surface area contributed by atoms with Gasteiger partial charge in [-0.2, -0.15) is 0 Å². The molecule has 2 aromatic rings. The van der Waals surface area contributed by atoms with Crippen LogP contribution in [0, 0.1) is 11.2 Å². The van der Waals surface area contributed by atoms with Crippen molar-refractivity contribution in [1.82, 2.24) is 14.9 Å². The number of hydrogen-bond donors (Lipinski definition) is 0. The molecule has 1 unspecified atom stereocenters. The minimum atomic E-state index is -2.76. The average Bonchev–Trinajstić information content (AvgIpc) is 3.05. The van der Waals surface area contributed by atoms with Crippen LogP contribution in [-0.2, 0) is 6.54 Å². The van der Waals surface area contributed by atoms with E-state index in [0.717, 1.165) is 5.56 Å². The van der Waals surface area contributed by atoms with E-state index in [2.05, 4.69) is 14.9 Å². The first kappa shape index (κ1) is 17.3. The maximum atomic E-state index is 14.9. The lowest BCUT2D eigenvalue weighted by atomic mass is 9.75. The molecule has 0 saturated carbocycles. The Labute approximate surface area is 150 Å². The molecule has 4 nitrogen and oxygen atoms in total. The monoisotopic (exact) mass is 362 g/mol. The first-order valence-electron chi connectivity index (χ1n) is 8.84. The van der Waals surface area contributed by atoms with Crippen LogP contribution >= 0.6 is 0 Å². The number of pyridine rings is 2. The van der Waals surface area contributed by atoms with Gasteiger partial charge in [0.1, 0.15) is 0 Å². The van der Waals surface area contributed by atoms with Gasteiger partial charge in [0.25, 0.3) is 5.92 Å². The Balaban J connectivity index is 1.54. The van der Waals surface area contributed by atoms with Gasteiger partial charge in [0.15, 0.2) is 11.6 Å². The molecule has 26 heavy (non-hydrogen) atoms. The lowest BCUT2D eigenvalue weighted by Crippen LogP contribution is -2.56. The van der Waals surface area contributed by atoms with Crippen LogP contribution in [0.5, 0.6) is 0 Å². The van der Waals surface area contributed by atoms with Crippen LogP contribution in [0.25, 0.3) is 0 Å². The third-order valence-electron chi connectivity index (χ3n) is 5.59. The highest BCUT2D eigenvalue weighted by Crippen LogP contribution is 2.50. The number of nitrogens with zero attached hydrogens (tertiary/aromatic N) is 4. The Hall–Kier alpha value is -2.15. The van der Waals surface area contributed by atoms with Gasteiger partial charge in [-0.05, 0) is 36.2 Å². The largest absolute Gasteiger partial charge is 0.353 e. The third kappa shape index (κ3) is 3.05. The summed E-state index contributed by atoms with van der Waals surface area (Å²) in [4.78, 5) is 11.8. The van der Waals surface area contributed by atoms with Crippen molar-refractivity contribution < 1.29 is 13.2 Å². The summed E-state index contributed by atoms with van der Waals surface area (Å²) in [5.74, 6) is -3.05. The molecule has 4 rings (SSSR count). The van der Waals surface area contributed by atoms with Gasteiger partial charge in [0, 0.05) is 57.7 Å². The molecule has 1 atom stereocenters. The zero-order valence-electron chi connectivity index (χ0n) is 14.4. The van der Waals surface area contributed by atoms with E-state index in [1.165, 1.54) is 18.3 Å². The zero-order chi connectivity index (χ0) is 18.2. The van der Waals surface area contributed by atoms with E-state index in [1.807, 2.05) is 12.1 Å². The quantitative estimate of drug-likeness (QED) is 0.838. The SMILES string of the molecule is Fc1cccnc1N1CCC2(CN(Cc3ccncc3)CCC2(F)F)C1. The van der Waals surface area contributed by atoms with Crippen molar-refractivity contribution in [3.8, 4) is 0 Å². The molecule has 2 aromatic heterocycles. The Morgan fingerprint density at radius 2 is 1.81 bits per heavy atom. The molecule has 7 heteroatoms. The molecule has 138 valence electrons. The molecule has 0 radical (unpaired) electrons. The molecule has 2 aliphatic heterocycles. The Kier molecular flexibility index (Phi) is 4.34. The van der Waals surface area contributed by atoms with Crippen LogP contribution in [0.1, 0.15) is 18.4 Å². The van der Waals surface area contributed by atoms with Crippen LogP contribution in [0.2, 0.25) is 0 Å². The standard InChI is InChI=1S/C19H21F3N4/c20-16-2-1-7-24-17(16)26-11-5-18(14-26)13-25(10-6-19(18,21)22)12-15-3-8-23-9-4-15/h1-4,7-9H,5-6,10-14H2. The van der Waals surface area contributed by atoms with Crippen LogP contribution < -0.4 is 4.90 Å². The normalized spacial score (nSPS) is 25.7. The second kappa shape index (κ2) is 6.54. The van der Waals surface area contributed by atoms with E-state index >= 15 is 0 Å². The molecule has 0 amide bonds. The van der Waals surface area contributed by atoms with Crippen molar-refractivity contribution >= 4 is 5.82 Å². The molecule has 0 aromatic carbocycles. The second-order valence-electron chi connectivity index (χ2n) is 7.28. The fourth-order valence-electron chi connectivity index (χ4n) is 4.16. The van der Waals surface area contributed by atoms with Gasteiger partial charge in [-0.3, -0.25) is 9.88 Å². The van der Waals surface area contributed by atoms with Crippen LogP contribution in [-0.4, -0.2) is 47.0 Å². The van der Waals surface area contributed by atoms with Crippen molar-refractivity contribution in [3.05, 3.63) is 54.2 Å². The number of halogens is 3. The van der Waals surface area contributed by atoms with Gasteiger partial charge in [0.2, 0.25) is 0 Å². The Bertz CT molecular complexity index is 770. The van der Waals surface area contributed by atoms with Gasteiger partial charge in [-0.15, -0.1) is 0 Å². The van der Waals surface area contributed by atoms with E-state index in [0.29, 0.717) is 32.6 Å². The highest BCUT2D eigenvalue weighted by Gasteiger charge is 2.59. The summed E-state index contributed by atoms with van der Waals surface area (Å²) in [6.07, 6.45) is 5.09. The summed E-state index contributed by atoms with van der Waals surface area (Å²) in [6, 6.07) is 6.64. The second-order valence-corrected chi connectivity index (χ2v) is 7.28. The van der Waals surface area contributed by atoms with Gasteiger partial charge in [-0.25, -0.2) is 18.2 Å². The van der Waals surface area contributed by atoms with Crippen molar-refractivity contribution in [1.29, 1.82) is 0 Å². The molecular weight excluding hydrogens is 341 g/mol. The molecule has 1 spiro atoms. The van der Waals surface area contributed by atoms with Crippen molar-refractivity contribution in [2.24, 2.45) is 5.41 Å². The van der Waals surface area contributed by atoms with E-state index in [4.69, 9.17) is 0 Å². The zero-order valence-corrected chi connectivity index (χ0v) is 14.4. The van der Waals surface area contributed by atoms with Crippen molar-refractivity contribution in [3.63, 3.8) is 0 Å². The minimum absolute atomic E-state index is 0.126. The predicted molar refractivity (Wildman–Crippen MR) is 92.5 cm³/mol. The van der Waals surface area contributed by atoms with Crippen LogP contribution in [0.15, 0.2) is 42.9 Å². The number of likely N-dealkylation sites (tertiary alicyclic amines) is 1. The van der Waals surface area contributed by atoms with Gasteiger partial charge in [-0.1, -0.05) is 0 Å². The van der Waals surface area contributed by atoms with Crippen LogP contribution in [0.3, 0.4) is 0 Å². The number of rotatable bonds is 3. The first-order chi connectivity index (χ1) is 12.5. The number of anilines is 1. The van der Waals surface area contributed by atoms with Crippen LogP contribution in [0.4, 0.5) is 19.0 Å². The maximum Gasteiger partial charge on any atom is 0.257 e. The fourth-order valence-corrected chi connectivity index (χ4v) is 4.16. The summed E-state index contributed by atoms with van der Waals surface area (Å²) >= 11 is 0. The summed E-state index contributed by atoms with van der Waals surface area (Å²) in [7, 11) is 0.